The zero-order chi connectivity index (χ0) is 13.0. The first-order valence-electron chi connectivity index (χ1n) is 6.81. The number of anilines is 1. The molecule has 0 saturated carbocycles. The molecule has 1 aliphatic rings. The minimum atomic E-state index is 0.614. The van der Waals surface area contributed by atoms with Gasteiger partial charge in [-0.25, -0.2) is 4.98 Å². The highest BCUT2D eigenvalue weighted by Crippen LogP contribution is 2.21. The molecule has 0 amide bonds. The summed E-state index contributed by atoms with van der Waals surface area (Å²) in [4.78, 5) is 6.95. The van der Waals surface area contributed by atoms with E-state index >= 15 is 0 Å². The van der Waals surface area contributed by atoms with Gasteiger partial charge in [0, 0.05) is 29.8 Å². The van der Waals surface area contributed by atoms with Crippen molar-refractivity contribution in [3.05, 3.63) is 22.3 Å². The van der Waals surface area contributed by atoms with Crippen molar-refractivity contribution in [3.63, 3.8) is 0 Å². The van der Waals surface area contributed by atoms with Crippen molar-refractivity contribution in [1.29, 1.82) is 0 Å². The van der Waals surface area contributed by atoms with Gasteiger partial charge in [0.1, 0.15) is 5.82 Å². The molecule has 4 heteroatoms. The van der Waals surface area contributed by atoms with E-state index in [2.05, 4.69) is 51.0 Å². The number of nitrogens with zero attached hydrogens (tertiary/aromatic N) is 2. The summed E-state index contributed by atoms with van der Waals surface area (Å²) < 4.78 is 1.05. The Labute approximate surface area is 118 Å². The lowest BCUT2D eigenvalue weighted by atomic mass is 10.0. The van der Waals surface area contributed by atoms with E-state index in [0.29, 0.717) is 6.04 Å². The van der Waals surface area contributed by atoms with Crippen molar-refractivity contribution >= 4 is 21.7 Å². The fourth-order valence-electron chi connectivity index (χ4n) is 2.58. The number of piperidine rings is 1. The van der Waals surface area contributed by atoms with Gasteiger partial charge in [0.2, 0.25) is 0 Å². The Morgan fingerprint density at radius 2 is 2.33 bits per heavy atom. The van der Waals surface area contributed by atoms with Crippen molar-refractivity contribution in [1.82, 2.24) is 10.3 Å². The van der Waals surface area contributed by atoms with Crippen molar-refractivity contribution in [2.24, 2.45) is 0 Å². The average molecular weight is 312 g/mol. The largest absolute Gasteiger partial charge is 0.355 e. The van der Waals surface area contributed by atoms with E-state index in [-0.39, 0.29) is 0 Å². The van der Waals surface area contributed by atoms with Crippen molar-refractivity contribution < 1.29 is 0 Å². The molecule has 100 valence electrons. The average Bonchev–Trinajstić information content (AvgIpc) is 2.38. The van der Waals surface area contributed by atoms with Gasteiger partial charge in [0.05, 0.1) is 0 Å². The summed E-state index contributed by atoms with van der Waals surface area (Å²) in [5, 5.41) is 3.61. The van der Waals surface area contributed by atoms with E-state index in [1.165, 1.54) is 24.8 Å². The highest BCUT2D eigenvalue weighted by Gasteiger charge is 2.17. The van der Waals surface area contributed by atoms with Crippen LogP contribution in [0.2, 0.25) is 0 Å². The normalized spacial score (nSPS) is 19.8. The van der Waals surface area contributed by atoms with Gasteiger partial charge in [-0.15, -0.1) is 0 Å². The zero-order valence-corrected chi connectivity index (χ0v) is 12.8. The molecule has 1 N–H and O–H groups in total. The predicted octanol–water partition coefficient (Wildman–Crippen LogP) is 3.12. The van der Waals surface area contributed by atoms with Crippen molar-refractivity contribution in [3.8, 4) is 0 Å². The Morgan fingerprint density at radius 3 is 2.94 bits per heavy atom. The van der Waals surface area contributed by atoms with Crippen LogP contribution in [-0.2, 0) is 0 Å². The molecule has 1 aliphatic heterocycles. The molecule has 1 fully saturated rings. The lowest BCUT2D eigenvalue weighted by Gasteiger charge is -2.31. The Morgan fingerprint density at radius 1 is 1.50 bits per heavy atom. The standard InChI is InChI=1S/C14H22BrN3/c1-3-18(10-13-6-4-5-7-16-13)14-11(2)8-12(15)9-17-14/h8-9,13,16H,3-7,10H2,1-2H3. The van der Waals surface area contributed by atoms with Crippen LogP contribution in [0.25, 0.3) is 0 Å². The molecule has 18 heavy (non-hydrogen) atoms. The summed E-state index contributed by atoms with van der Waals surface area (Å²) in [6.07, 6.45) is 5.84. The third-order valence-electron chi connectivity index (χ3n) is 3.55. The molecule has 0 aliphatic carbocycles. The molecule has 0 spiro atoms. The smallest absolute Gasteiger partial charge is 0.131 e. The van der Waals surface area contributed by atoms with Gasteiger partial charge in [-0.05, 0) is 60.8 Å². The SMILES string of the molecule is CCN(CC1CCCCN1)c1ncc(Br)cc1C. The van der Waals surface area contributed by atoms with Gasteiger partial charge >= 0.3 is 0 Å². The third kappa shape index (κ3) is 3.45. The number of aryl methyl sites for hydroxylation is 1. The minimum Gasteiger partial charge on any atom is -0.355 e. The van der Waals surface area contributed by atoms with Crippen LogP contribution in [0.5, 0.6) is 0 Å². The van der Waals surface area contributed by atoms with E-state index in [1.54, 1.807) is 0 Å². The lowest BCUT2D eigenvalue weighted by Crippen LogP contribution is -2.44. The number of rotatable bonds is 4. The van der Waals surface area contributed by atoms with E-state index in [4.69, 9.17) is 0 Å². The molecule has 3 nitrogen and oxygen atoms in total. The first-order chi connectivity index (χ1) is 8.70. The molecule has 0 aromatic carbocycles. The van der Waals surface area contributed by atoms with E-state index in [9.17, 15) is 0 Å². The summed E-state index contributed by atoms with van der Waals surface area (Å²) in [6, 6.07) is 2.75. The van der Waals surface area contributed by atoms with Crippen LogP contribution in [0, 0.1) is 6.92 Å². The zero-order valence-electron chi connectivity index (χ0n) is 11.2. The van der Waals surface area contributed by atoms with Crippen LogP contribution in [0.3, 0.4) is 0 Å². The summed E-state index contributed by atoms with van der Waals surface area (Å²) >= 11 is 3.47. The summed E-state index contributed by atoms with van der Waals surface area (Å²) in [5.74, 6) is 1.12. The molecular weight excluding hydrogens is 290 g/mol. The fraction of sp³-hybridized carbons (Fsp3) is 0.643. The van der Waals surface area contributed by atoms with Gasteiger partial charge in [-0.3, -0.25) is 0 Å². The van der Waals surface area contributed by atoms with E-state index in [0.717, 1.165) is 29.9 Å². The van der Waals surface area contributed by atoms with Crippen molar-refractivity contribution in [2.75, 3.05) is 24.5 Å². The van der Waals surface area contributed by atoms with Crippen LogP contribution in [0.1, 0.15) is 31.7 Å². The van der Waals surface area contributed by atoms with Gasteiger partial charge in [0.25, 0.3) is 0 Å². The quantitative estimate of drug-likeness (QED) is 0.926. The molecule has 1 aromatic rings. The highest BCUT2D eigenvalue weighted by molar-refractivity contribution is 9.10. The molecule has 1 atom stereocenters. The topological polar surface area (TPSA) is 28.2 Å². The second-order valence-corrected chi connectivity index (χ2v) is 5.90. The Bertz CT molecular complexity index is 389. The summed E-state index contributed by atoms with van der Waals surface area (Å²) in [5.41, 5.74) is 1.24. The number of nitrogens with one attached hydrogen (secondary N) is 1. The highest BCUT2D eigenvalue weighted by atomic mass is 79.9. The maximum Gasteiger partial charge on any atom is 0.131 e. The van der Waals surface area contributed by atoms with Gasteiger partial charge in [0.15, 0.2) is 0 Å². The molecule has 1 unspecified atom stereocenters. The fourth-order valence-corrected chi connectivity index (χ4v) is 3.02. The first-order valence-corrected chi connectivity index (χ1v) is 7.60. The molecule has 0 bridgehead atoms. The van der Waals surface area contributed by atoms with Crippen LogP contribution in [-0.4, -0.2) is 30.7 Å². The summed E-state index contributed by atoms with van der Waals surface area (Å²) in [6.45, 7) is 7.56. The number of halogens is 1. The van der Waals surface area contributed by atoms with Crippen molar-refractivity contribution in [2.45, 2.75) is 39.2 Å². The predicted molar refractivity (Wildman–Crippen MR) is 80.2 cm³/mol. The minimum absolute atomic E-state index is 0.614. The molecule has 1 aromatic heterocycles. The second-order valence-electron chi connectivity index (χ2n) is 4.98. The van der Waals surface area contributed by atoms with E-state index in [1.807, 2.05) is 6.20 Å². The number of likely N-dealkylation sites (N-methyl/N-ethyl adjacent to an activating group) is 1. The van der Waals surface area contributed by atoms with Gasteiger partial charge < -0.3 is 10.2 Å². The van der Waals surface area contributed by atoms with Gasteiger partial charge in [-0.2, -0.15) is 0 Å². The first kappa shape index (κ1) is 13.8. The van der Waals surface area contributed by atoms with Crippen LogP contribution in [0.4, 0.5) is 5.82 Å². The number of aromatic nitrogens is 1. The maximum absolute atomic E-state index is 4.57. The van der Waals surface area contributed by atoms with Crippen LogP contribution in [0.15, 0.2) is 16.7 Å². The number of pyridine rings is 1. The number of hydrogen-bond acceptors (Lipinski definition) is 3. The van der Waals surface area contributed by atoms with Crippen LogP contribution >= 0.6 is 15.9 Å². The van der Waals surface area contributed by atoms with E-state index < -0.39 is 0 Å². The Balaban J connectivity index is 2.07. The third-order valence-corrected chi connectivity index (χ3v) is 3.99. The number of hydrogen-bond donors (Lipinski definition) is 1. The molecule has 2 heterocycles. The maximum atomic E-state index is 4.57. The molecule has 1 saturated heterocycles. The van der Waals surface area contributed by atoms with Gasteiger partial charge in [-0.1, -0.05) is 6.42 Å². The monoisotopic (exact) mass is 311 g/mol. The molecular formula is C14H22BrN3. The lowest BCUT2D eigenvalue weighted by molar-refractivity contribution is 0.399. The second kappa shape index (κ2) is 6.53. The van der Waals surface area contributed by atoms with Crippen LogP contribution < -0.4 is 10.2 Å². The summed E-state index contributed by atoms with van der Waals surface area (Å²) in [7, 11) is 0. The molecule has 2 rings (SSSR count). The Kier molecular flexibility index (Phi) is 5.01. The molecule has 0 radical (unpaired) electrons. The Hall–Kier alpha value is -0.610.